The van der Waals surface area contributed by atoms with Crippen LogP contribution in [0, 0.1) is 18.6 Å². The third-order valence-corrected chi connectivity index (χ3v) is 6.48. The van der Waals surface area contributed by atoms with Gasteiger partial charge in [-0.1, -0.05) is 23.7 Å². The van der Waals surface area contributed by atoms with Crippen LogP contribution in [0.5, 0.6) is 0 Å². The molecule has 0 bridgehead atoms. The number of aromatic nitrogens is 2. The number of hydrogen-bond donors (Lipinski definition) is 2. The molecule has 0 unspecified atom stereocenters. The number of amides is 1. The van der Waals surface area contributed by atoms with E-state index in [9.17, 15) is 13.6 Å². The number of hydrogen-bond acceptors (Lipinski definition) is 5. The smallest absolute Gasteiger partial charge is 0.276 e. The number of likely N-dealkylation sites (tertiary alicyclic amines) is 1. The zero-order valence-electron chi connectivity index (χ0n) is 17.3. The minimum absolute atomic E-state index is 0.0803. The van der Waals surface area contributed by atoms with E-state index in [4.69, 9.17) is 11.6 Å². The molecule has 1 aromatic heterocycles. The van der Waals surface area contributed by atoms with Crippen molar-refractivity contribution in [2.45, 2.75) is 30.7 Å². The molecule has 1 amide bonds. The van der Waals surface area contributed by atoms with E-state index in [1.807, 2.05) is 0 Å². The first-order valence-electron chi connectivity index (χ1n) is 10.2. The van der Waals surface area contributed by atoms with Gasteiger partial charge in [-0.25, -0.2) is 8.78 Å². The standard InChI is InChI=1S/C23H21ClF2N4OS/c1-13-12-17(26)6-7-18(13)27-20-19(24)22(32)29-28-21(20)23(31)30-10-8-15(9-11-30)14-2-4-16(25)5-3-14/h2-7,12,15H,8-11H2,1H3,(H2,27,29,32). The zero-order chi connectivity index (χ0) is 22.8. The minimum atomic E-state index is -0.359. The lowest BCUT2D eigenvalue weighted by atomic mass is 9.89. The van der Waals surface area contributed by atoms with Crippen molar-refractivity contribution in [1.82, 2.24) is 15.1 Å². The number of piperidine rings is 1. The Bertz CT molecular complexity index is 1150. The number of carbonyl (C=O) groups is 1. The number of carbonyl (C=O) groups excluding carboxylic acids is 1. The summed E-state index contributed by atoms with van der Waals surface area (Å²) in [6.45, 7) is 2.80. The van der Waals surface area contributed by atoms with E-state index in [-0.39, 0.29) is 44.9 Å². The summed E-state index contributed by atoms with van der Waals surface area (Å²) in [6, 6.07) is 10.8. The van der Waals surface area contributed by atoms with Gasteiger partial charge in [0.2, 0.25) is 0 Å². The van der Waals surface area contributed by atoms with Crippen molar-refractivity contribution in [2.75, 3.05) is 18.4 Å². The van der Waals surface area contributed by atoms with Crippen molar-refractivity contribution in [1.29, 1.82) is 0 Å². The molecular weight excluding hydrogens is 454 g/mol. The highest BCUT2D eigenvalue weighted by molar-refractivity contribution is 7.80. The summed E-state index contributed by atoms with van der Waals surface area (Å²) in [4.78, 5) is 15.0. The van der Waals surface area contributed by atoms with E-state index >= 15 is 0 Å². The Balaban J connectivity index is 1.55. The van der Waals surface area contributed by atoms with Crippen LogP contribution in [-0.2, 0) is 0 Å². The van der Waals surface area contributed by atoms with Gasteiger partial charge in [0.1, 0.15) is 21.7 Å². The second kappa shape index (κ2) is 9.42. The fourth-order valence-electron chi connectivity index (χ4n) is 3.87. The Morgan fingerprint density at radius 1 is 1.09 bits per heavy atom. The highest BCUT2D eigenvalue weighted by Crippen LogP contribution is 2.35. The molecule has 0 spiro atoms. The average Bonchev–Trinajstić information content (AvgIpc) is 2.79. The molecule has 0 aliphatic carbocycles. The van der Waals surface area contributed by atoms with E-state index in [1.165, 1.54) is 24.3 Å². The molecule has 1 aliphatic heterocycles. The lowest BCUT2D eigenvalue weighted by Crippen LogP contribution is -2.38. The summed E-state index contributed by atoms with van der Waals surface area (Å²) in [7, 11) is 0. The molecule has 1 N–H and O–H groups in total. The molecule has 166 valence electrons. The third-order valence-electron chi connectivity index (χ3n) is 5.67. The number of anilines is 2. The van der Waals surface area contributed by atoms with Crippen LogP contribution in [0.4, 0.5) is 20.2 Å². The van der Waals surface area contributed by atoms with Crippen LogP contribution in [0.15, 0.2) is 47.5 Å². The molecule has 0 atom stereocenters. The molecule has 1 saturated heterocycles. The van der Waals surface area contributed by atoms with E-state index in [1.54, 1.807) is 30.0 Å². The van der Waals surface area contributed by atoms with Crippen molar-refractivity contribution in [3.63, 3.8) is 0 Å². The fourth-order valence-corrected chi connectivity index (χ4v) is 4.20. The predicted molar refractivity (Wildman–Crippen MR) is 123 cm³/mol. The lowest BCUT2D eigenvalue weighted by molar-refractivity contribution is 0.0706. The molecule has 3 aromatic rings. The summed E-state index contributed by atoms with van der Waals surface area (Å²) >= 11 is 10.6. The average molecular weight is 475 g/mol. The number of nitrogens with zero attached hydrogens (tertiary/aromatic N) is 3. The number of nitrogens with one attached hydrogen (secondary N) is 1. The van der Waals surface area contributed by atoms with Crippen molar-refractivity contribution in [2.24, 2.45) is 0 Å². The maximum Gasteiger partial charge on any atom is 0.276 e. The summed E-state index contributed by atoms with van der Waals surface area (Å²) in [5, 5.41) is 11.4. The van der Waals surface area contributed by atoms with Crippen molar-refractivity contribution >= 4 is 41.5 Å². The number of halogens is 3. The van der Waals surface area contributed by atoms with Crippen LogP contribution in [-0.4, -0.2) is 34.1 Å². The highest BCUT2D eigenvalue weighted by atomic mass is 35.5. The van der Waals surface area contributed by atoms with E-state index in [0.717, 1.165) is 18.4 Å². The van der Waals surface area contributed by atoms with Gasteiger partial charge >= 0.3 is 0 Å². The number of aryl methyl sites for hydroxylation is 1. The van der Waals surface area contributed by atoms with Crippen LogP contribution >= 0.6 is 24.2 Å². The number of thiol groups is 1. The van der Waals surface area contributed by atoms with Crippen LogP contribution in [0.1, 0.15) is 40.4 Å². The quantitative estimate of drug-likeness (QED) is 0.471. The summed E-state index contributed by atoms with van der Waals surface area (Å²) in [5.74, 6) is -0.663. The van der Waals surface area contributed by atoms with Crippen LogP contribution in [0.25, 0.3) is 0 Å². The molecule has 9 heteroatoms. The molecule has 2 aromatic carbocycles. The molecule has 4 rings (SSSR count). The fraction of sp³-hybridized carbons (Fsp3) is 0.261. The first-order valence-corrected chi connectivity index (χ1v) is 11.0. The van der Waals surface area contributed by atoms with Crippen molar-refractivity contribution in [3.05, 3.63) is 75.9 Å². The minimum Gasteiger partial charge on any atom is -0.352 e. The summed E-state index contributed by atoms with van der Waals surface area (Å²) in [6.07, 6.45) is 1.51. The molecular formula is C23H21ClF2N4OS. The predicted octanol–water partition coefficient (Wildman–Crippen LogP) is 5.77. The zero-order valence-corrected chi connectivity index (χ0v) is 18.9. The molecule has 0 saturated carbocycles. The van der Waals surface area contributed by atoms with Gasteiger partial charge in [-0.2, -0.15) is 0 Å². The van der Waals surface area contributed by atoms with Gasteiger partial charge in [0.25, 0.3) is 5.91 Å². The second-order valence-corrected chi connectivity index (χ2v) is 8.57. The monoisotopic (exact) mass is 474 g/mol. The Labute approximate surface area is 195 Å². The number of rotatable bonds is 4. The van der Waals surface area contributed by atoms with E-state index in [2.05, 4.69) is 28.1 Å². The van der Waals surface area contributed by atoms with Crippen LogP contribution < -0.4 is 5.32 Å². The second-order valence-electron chi connectivity index (χ2n) is 7.76. The highest BCUT2D eigenvalue weighted by Gasteiger charge is 2.29. The van der Waals surface area contributed by atoms with E-state index < -0.39 is 0 Å². The lowest BCUT2D eigenvalue weighted by Gasteiger charge is -2.32. The topological polar surface area (TPSA) is 58.1 Å². The molecule has 1 aliphatic rings. The van der Waals surface area contributed by atoms with Gasteiger partial charge in [0.05, 0.1) is 5.69 Å². The van der Waals surface area contributed by atoms with Crippen molar-refractivity contribution < 1.29 is 13.6 Å². The molecule has 2 heterocycles. The van der Waals surface area contributed by atoms with Gasteiger partial charge in [-0.15, -0.1) is 22.8 Å². The Kier molecular flexibility index (Phi) is 6.62. The molecule has 1 fully saturated rings. The Morgan fingerprint density at radius 3 is 2.41 bits per heavy atom. The third kappa shape index (κ3) is 4.71. The SMILES string of the molecule is Cc1cc(F)ccc1Nc1c(C(=O)N2CCC(c3ccc(F)cc3)CC2)nnc(S)c1Cl. The first-order chi connectivity index (χ1) is 15.3. The number of benzene rings is 2. The van der Waals surface area contributed by atoms with Gasteiger partial charge < -0.3 is 10.2 Å². The Hall–Kier alpha value is -2.71. The normalized spacial score (nSPS) is 14.5. The maximum atomic E-state index is 13.5. The first kappa shape index (κ1) is 22.5. The van der Waals surface area contributed by atoms with Crippen LogP contribution in [0.3, 0.4) is 0 Å². The van der Waals surface area contributed by atoms with Gasteiger partial charge in [-0.05, 0) is 67.1 Å². The molecule has 5 nitrogen and oxygen atoms in total. The molecule has 0 radical (unpaired) electrons. The summed E-state index contributed by atoms with van der Waals surface area (Å²) < 4.78 is 26.7. The van der Waals surface area contributed by atoms with E-state index in [0.29, 0.717) is 24.3 Å². The van der Waals surface area contributed by atoms with Crippen molar-refractivity contribution in [3.8, 4) is 0 Å². The van der Waals surface area contributed by atoms with Gasteiger partial charge in [0, 0.05) is 18.8 Å². The largest absolute Gasteiger partial charge is 0.352 e. The van der Waals surface area contributed by atoms with Crippen LogP contribution in [0.2, 0.25) is 5.02 Å². The van der Waals surface area contributed by atoms with Gasteiger partial charge in [-0.3, -0.25) is 4.79 Å². The summed E-state index contributed by atoms with van der Waals surface area (Å²) in [5.41, 5.74) is 2.67. The Morgan fingerprint density at radius 2 is 1.75 bits per heavy atom. The maximum absolute atomic E-state index is 13.5. The van der Waals surface area contributed by atoms with Gasteiger partial charge in [0.15, 0.2) is 5.69 Å². The molecule has 32 heavy (non-hydrogen) atoms.